The minimum Gasteiger partial charge on any atom is -0.303 e. The summed E-state index contributed by atoms with van der Waals surface area (Å²) >= 11 is 9.58. The van der Waals surface area contributed by atoms with Crippen molar-refractivity contribution in [3.63, 3.8) is 0 Å². The third kappa shape index (κ3) is 12.6. The van der Waals surface area contributed by atoms with E-state index in [9.17, 15) is 0 Å². The number of likely N-dealkylation sites (N-methyl/N-ethyl adjacent to an activating group) is 2. The van der Waals surface area contributed by atoms with Gasteiger partial charge in [0.1, 0.15) is 0 Å². The van der Waals surface area contributed by atoms with Gasteiger partial charge in [-0.25, -0.2) is 0 Å². The van der Waals surface area contributed by atoms with Crippen LogP contribution in [0.2, 0.25) is 0 Å². The van der Waals surface area contributed by atoms with Gasteiger partial charge in [0.15, 0.2) is 0 Å². The van der Waals surface area contributed by atoms with Crippen LogP contribution in [0.3, 0.4) is 0 Å². The van der Waals surface area contributed by atoms with E-state index < -0.39 is 0 Å². The normalized spacial score (nSPS) is 10.4. The molecule has 92 valence electrons. The van der Waals surface area contributed by atoms with Crippen LogP contribution >= 0.6 is 22.2 Å². The average molecular weight is 271 g/mol. The predicted molar refractivity (Wildman–Crippen MR) is 73.0 cm³/mol. The minimum absolute atomic E-state index is 0.0278. The maximum absolute atomic E-state index is 4.79. The van der Waals surface area contributed by atoms with Gasteiger partial charge in [0.25, 0.3) is 8.14 Å². The van der Waals surface area contributed by atoms with Crippen molar-refractivity contribution in [2.24, 2.45) is 0 Å². The molecule has 0 N–H and O–H groups in total. The summed E-state index contributed by atoms with van der Waals surface area (Å²) in [6.45, 7) is 16.1. The van der Waals surface area contributed by atoms with Gasteiger partial charge in [0.05, 0.1) is 0 Å². The van der Waals surface area contributed by atoms with Gasteiger partial charge in [-0.15, -0.1) is 22.2 Å². The molecule has 5 heteroatoms. The highest BCUT2D eigenvalue weighted by molar-refractivity contribution is 7.22. The maximum Gasteiger partial charge on any atom is 0.295 e. The van der Waals surface area contributed by atoms with Crippen LogP contribution in [0.5, 0.6) is 0 Å². The van der Waals surface area contributed by atoms with Gasteiger partial charge in [0, 0.05) is 13.1 Å². The molecule has 0 aromatic rings. The first kappa shape index (κ1) is 18.1. The summed E-state index contributed by atoms with van der Waals surface area (Å²) in [6.07, 6.45) is 0. The smallest absolute Gasteiger partial charge is 0.295 e. The van der Waals surface area contributed by atoms with E-state index in [2.05, 4.69) is 37.5 Å². The minimum atomic E-state index is 0.0278. The SMILES string of the molecule is CCN(CC)CCN(CC)CC.Cl[Si]Cl. The number of halogens is 2. The second-order valence-electron chi connectivity index (χ2n) is 3.13. The molecule has 0 heterocycles. The van der Waals surface area contributed by atoms with Crippen molar-refractivity contribution in [2.45, 2.75) is 27.7 Å². The molecule has 0 saturated heterocycles. The Hall–Kier alpha value is 0.717. The Morgan fingerprint density at radius 1 is 0.733 bits per heavy atom. The molecule has 2 radical (unpaired) electrons. The van der Waals surface area contributed by atoms with Crippen LogP contribution in [0, 0.1) is 0 Å². The Labute approximate surface area is 107 Å². The fourth-order valence-electron chi connectivity index (χ4n) is 1.36. The fraction of sp³-hybridized carbons (Fsp3) is 1.00. The zero-order chi connectivity index (χ0) is 12.1. The van der Waals surface area contributed by atoms with Gasteiger partial charge in [-0.1, -0.05) is 27.7 Å². The monoisotopic (exact) mass is 270 g/mol. The van der Waals surface area contributed by atoms with E-state index in [1.165, 1.54) is 39.3 Å². The van der Waals surface area contributed by atoms with Crippen LogP contribution in [-0.4, -0.2) is 57.2 Å². The third-order valence-electron chi connectivity index (χ3n) is 2.52. The Morgan fingerprint density at radius 2 is 0.933 bits per heavy atom. The van der Waals surface area contributed by atoms with Crippen LogP contribution < -0.4 is 0 Å². The first-order chi connectivity index (χ1) is 7.19. The number of nitrogens with zero attached hydrogens (tertiary/aromatic N) is 2. The van der Waals surface area contributed by atoms with Gasteiger partial charge in [0.2, 0.25) is 0 Å². The molecule has 2 nitrogen and oxygen atoms in total. The quantitative estimate of drug-likeness (QED) is 0.519. The number of hydrogen-bond donors (Lipinski definition) is 0. The van der Waals surface area contributed by atoms with Gasteiger partial charge in [-0.3, -0.25) is 0 Å². The lowest BCUT2D eigenvalue weighted by Crippen LogP contribution is -2.34. The van der Waals surface area contributed by atoms with E-state index in [0.717, 1.165) is 0 Å². The molecule has 0 aromatic carbocycles. The molecule has 0 aromatic heterocycles. The largest absolute Gasteiger partial charge is 0.303 e. The van der Waals surface area contributed by atoms with E-state index in [1.54, 1.807) is 0 Å². The zero-order valence-electron chi connectivity index (χ0n) is 10.4. The summed E-state index contributed by atoms with van der Waals surface area (Å²) in [4.78, 5) is 4.94. The van der Waals surface area contributed by atoms with Crippen molar-refractivity contribution >= 4 is 30.3 Å². The van der Waals surface area contributed by atoms with Crippen molar-refractivity contribution in [1.82, 2.24) is 9.80 Å². The van der Waals surface area contributed by atoms with Crippen molar-refractivity contribution in [3.05, 3.63) is 0 Å². The highest BCUT2D eigenvalue weighted by Crippen LogP contribution is 1.90. The third-order valence-corrected chi connectivity index (χ3v) is 2.52. The number of hydrogen-bond acceptors (Lipinski definition) is 2. The predicted octanol–water partition coefficient (Wildman–Crippen LogP) is 2.67. The lowest BCUT2D eigenvalue weighted by molar-refractivity contribution is 0.227. The van der Waals surface area contributed by atoms with Crippen molar-refractivity contribution in [3.8, 4) is 0 Å². The van der Waals surface area contributed by atoms with Crippen LogP contribution in [0.25, 0.3) is 0 Å². The molecule has 0 rings (SSSR count). The van der Waals surface area contributed by atoms with Crippen LogP contribution in [-0.2, 0) is 0 Å². The molecule has 0 spiro atoms. The summed E-state index contributed by atoms with van der Waals surface area (Å²) in [5, 5.41) is 0. The van der Waals surface area contributed by atoms with Crippen LogP contribution in [0.15, 0.2) is 0 Å². The molecule has 15 heavy (non-hydrogen) atoms. The summed E-state index contributed by atoms with van der Waals surface area (Å²) in [6, 6.07) is 0. The summed E-state index contributed by atoms with van der Waals surface area (Å²) in [5.41, 5.74) is 0. The highest BCUT2D eigenvalue weighted by Gasteiger charge is 2.02. The van der Waals surface area contributed by atoms with Gasteiger partial charge in [-0.2, -0.15) is 0 Å². The molecular weight excluding hydrogens is 247 g/mol. The van der Waals surface area contributed by atoms with E-state index in [-0.39, 0.29) is 8.14 Å². The first-order valence-corrected chi connectivity index (χ1v) is 8.63. The Kier molecular flexibility index (Phi) is 17.8. The van der Waals surface area contributed by atoms with Crippen LogP contribution in [0.1, 0.15) is 27.7 Å². The van der Waals surface area contributed by atoms with Crippen molar-refractivity contribution < 1.29 is 0 Å². The van der Waals surface area contributed by atoms with E-state index in [1.807, 2.05) is 0 Å². The molecule has 0 saturated carbocycles. The highest BCUT2D eigenvalue weighted by atomic mass is 35.7. The molecule has 0 aliphatic carbocycles. The van der Waals surface area contributed by atoms with Gasteiger partial charge >= 0.3 is 0 Å². The van der Waals surface area contributed by atoms with Crippen LogP contribution in [0.4, 0.5) is 0 Å². The van der Waals surface area contributed by atoms with Crippen molar-refractivity contribution in [2.75, 3.05) is 39.3 Å². The summed E-state index contributed by atoms with van der Waals surface area (Å²) in [5.74, 6) is 0. The van der Waals surface area contributed by atoms with Gasteiger partial charge < -0.3 is 9.80 Å². The lowest BCUT2D eigenvalue weighted by Gasteiger charge is -2.23. The maximum atomic E-state index is 4.79. The second kappa shape index (κ2) is 14.7. The molecule has 0 aliphatic heterocycles. The molecule has 0 aliphatic rings. The Morgan fingerprint density at radius 3 is 1.07 bits per heavy atom. The molecule has 0 atom stereocenters. The Balaban J connectivity index is 0. The number of rotatable bonds is 7. The molecule has 0 fully saturated rings. The second-order valence-corrected chi connectivity index (χ2v) is 4.98. The van der Waals surface area contributed by atoms with E-state index in [4.69, 9.17) is 22.2 Å². The topological polar surface area (TPSA) is 6.48 Å². The standard InChI is InChI=1S/C10H24N2.Cl2Si/c1-5-11(6-2)9-10-12(7-3)8-4;1-3-2/h5-10H2,1-4H3;. The van der Waals surface area contributed by atoms with E-state index in [0.29, 0.717) is 0 Å². The Bertz CT molecular complexity index is 97.6. The summed E-state index contributed by atoms with van der Waals surface area (Å²) in [7, 11) is 0.0278. The van der Waals surface area contributed by atoms with Crippen molar-refractivity contribution in [1.29, 1.82) is 0 Å². The molecular formula is C10H24Cl2N2Si. The molecule has 0 amide bonds. The molecule has 0 bridgehead atoms. The average Bonchev–Trinajstić information content (AvgIpc) is 2.26. The summed E-state index contributed by atoms with van der Waals surface area (Å²) < 4.78 is 0. The first-order valence-electron chi connectivity index (χ1n) is 5.60. The fourth-order valence-corrected chi connectivity index (χ4v) is 1.36. The van der Waals surface area contributed by atoms with E-state index >= 15 is 0 Å². The molecule has 0 unspecified atom stereocenters. The van der Waals surface area contributed by atoms with Gasteiger partial charge in [-0.05, 0) is 26.2 Å². The lowest BCUT2D eigenvalue weighted by atomic mass is 10.4. The zero-order valence-corrected chi connectivity index (χ0v) is 12.9.